The Labute approximate surface area is 127 Å². The standard InChI is InChI=1S/C11H8BrClFNO4S/c12-11-10(4-7(5-16)19-11)20(17,18)15-9-2-1-6(13)3-8(9)14/h1-4,15-16H,5H2. The quantitative estimate of drug-likeness (QED) is 0.849. The highest BCUT2D eigenvalue weighted by Gasteiger charge is 2.23. The topological polar surface area (TPSA) is 79.5 Å². The zero-order valence-electron chi connectivity index (χ0n) is 9.73. The highest BCUT2D eigenvalue weighted by molar-refractivity contribution is 9.10. The molecule has 0 unspecified atom stereocenters. The van der Waals surface area contributed by atoms with Crippen LogP contribution in [0.1, 0.15) is 5.76 Å². The number of nitrogens with one attached hydrogen (secondary N) is 1. The Morgan fingerprint density at radius 3 is 2.65 bits per heavy atom. The molecule has 1 aromatic carbocycles. The molecule has 2 aromatic rings. The molecule has 0 radical (unpaired) electrons. The molecule has 0 saturated heterocycles. The lowest BCUT2D eigenvalue weighted by Crippen LogP contribution is -2.13. The predicted octanol–water partition coefficient (Wildman–Crippen LogP) is 3.13. The molecule has 0 aliphatic carbocycles. The molecule has 5 nitrogen and oxygen atoms in total. The second-order valence-corrected chi connectivity index (χ2v) is 6.55. The van der Waals surface area contributed by atoms with E-state index in [1.165, 1.54) is 12.1 Å². The fraction of sp³-hybridized carbons (Fsp3) is 0.0909. The largest absolute Gasteiger partial charge is 0.450 e. The van der Waals surface area contributed by atoms with Gasteiger partial charge in [-0.25, -0.2) is 12.8 Å². The van der Waals surface area contributed by atoms with E-state index < -0.39 is 22.4 Å². The number of sulfonamides is 1. The molecule has 9 heteroatoms. The summed E-state index contributed by atoms with van der Waals surface area (Å²) in [6.45, 7) is -0.455. The minimum atomic E-state index is -4.05. The summed E-state index contributed by atoms with van der Waals surface area (Å²) in [4.78, 5) is -0.240. The van der Waals surface area contributed by atoms with Gasteiger partial charge in [0.15, 0.2) is 4.67 Å². The van der Waals surface area contributed by atoms with Crippen LogP contribution in [0.2, 0.25) is 5.02 Å². The molecular weight excluding hydrogens is 377 g/mol. The number of aliphatic hydroxyl groups excluding tert-OH is 1. The Morgan fingerprint density at radius 2 is 2.10 bits per heavy atom. The van der Waals surface area contributed by atoms with Crippen molar-refractivity contribution in [3.05, 3.63) is 45.5 Å². The average molecular weight is 385 g/mol. The van der Waals surface area contributed by atoms with Crippen LogP contribution >= 0.6 is 27.5 Å². The van der Waals surface area contributed by atoms with Crippen LogP contribution in [0.25, 0.3) is 0 Å². The smallest absolute Gasteiger partial charge is 0.266 e. The zero-order valence-corrected chi connectivity index (χ0v) is 12.9. The van der Waals surface area contributed by atoms with Gasteiger partial charge in [-0.2, -0.15) is 0 Å². The van der Waals surface area contributed by atoms with Gasteiger partial charge in [0, 0.05) is 11.1 Å². The summed E-state index contributed by atoms with van der Waals surface area (Å²) in [5.74, 6) is -0.739. The Kier molecular flexibility index (Phi) is 4.38. The number of anilines is 1. The van der Waals surface area contributed by atoms with Crippen LogP contribution in [-0.2, 0) is 16.6 Å². The SMILES string of the molecule is O=S(=O)(Nc1ccc(Cl)cc1F)c1cc(CO)oc1Br. The first-order valence-electron chi connectivity index (χ1n) is 5.20. The van der Waals surface area contributed by atoms with E-state index in [-0.39, 0.29) is 26.0 Å². The molecule has 2 N–H and O–H groups in total. The first kappa shape index (κ1) is 15.3. The number of furan rings is 1. The van der Waals surface area contributed by atoms with E-state index in [4.69, 9.17) is 21.1 Å². The second kappa shape index (κ2) is 5.72. The third-order valence-electron chi connectivity index (χ3n) is 2.33. The Balaban J connectivity index is 2.38. The minimum Gasteiger partial charge on any atom is -0.450 e. The van der Waals surface area contributed by atoms with Crippen LogP contribution < -0.4 is 4.72 Å². The molecule has 0 fully saturated rings. The molecule has 0 spiro atoms. The van der Waals surface area contributed by atoms with Crippen LogP contribution in [0.5, 0.6) is 0 Å². The lowest BCUT2D eigenvalue weighted by atomic mass is 10.3. The van der Waals surface area contributed by atoms with Crippen LogP contribution in [0.4, 0.5) is 10.1 Å². The van der Waals surface area contributed by atoms with Crippen molar-refractivity contribution >= 4 is 43.2 Å². The van der Waals surface area contributed by atoms with E-state index >= 15 is 0 Å². The zero-order chi connectivity index (χ0) is 14.9. The van der Waals surface area contributed by atoms with E-state index in [9.17, 15) is 12.8 Å². The van der Waals surface area contributed by atoms with Gasteiger partial charge >= 0.3 is 0 Å². The van der Waals surface area contributed by atoms with Gasteiger partial charge in [0.2, 0.25) is 0 Å². The van der Waals surface area contributed by atoms with E-state index in [0.717, 1.165) is 12.1 Å². The van der Waals surface area contributed by atoms with Gasteiger partial charge in [0.25, 0.3) is 10.0 Å². The summed E-state index contributed by atoms with van der Waals surface area (Å²) >= 11 is 8.51. The van der Waals surface area contributed by atoms with Crippen molar-refractivity contribution in [1.82, 2.24) is 0 Å². The highest BCUT2D eigenvalue weighted by atomic mass is 79.9. The van der Waals surface area contributed by atoms with Crippen molar-refractivity contribution in [1.29, 1.82) is 0 Å². The van der Waals surface area contributed by atoms with Gasteiger partial charge < -0.3 is 9.52 Å². The van der Waals surface area contributed by atoms with Crippen molar-refractivity contribution in [2.24, 2.45) is 0 Å². The molecule has 0 bridgehead atoms. The third kappa shape index (κ3) is 3.14. The Hall–Kier alpha value is -1.09. The molecule has 1 aromatic heterocycles. The molecule has 0 aliphatic rings. The summed E-state index contributed by atoms with van der Waals surface area (Å²) in [5.41, 5.74) is -0.243. The Bertz CT molecular complexity index is 747. The number of aliphatic hydroxyl groups is 1. The van der Waals surface area contributed by atoms with Gasteiger partial charge in [0.1, 0.15) is 23.1 Å². The first-order chi connectivity index (χ1) is 9.33. The highest BCUT2D eigenvalue weighted by Crippen LogP contribution is 2.29. The van der Waals surface area contributed by atoms with E-state index in [2.05, 4.69) is 20.7 Å². The second-order valence-electron chi connectivity index (χ2n) is 3.74. The first-order valence-corrected chi connectivity index (χ1v) is 7.86. The maximum atomic E-state index is 13.6. The third-order valence-corrected chi connectivity index (χ3v) is 4.78. The van der Waals surface area contributed by atoms with Gasteiger partial charge in [-0.15, -0.1) is 0 Å². The molecule has 108 valence electrons. The number of hydrogen-bond acceptors (Lipinski definition) is 4. The Morgan fingerprint density at radius 1 is 1.40 bits per heavy atom. The molecule has 20 heavy (non-hydrogen) atoms. The number of hydrogen-bond donors (Lipinski definition) is 2. The monoisotopic (exact) mass is 383 g/mol. The van der Waals surface area contributed by atoms with E-state index in [1.54, 1.807) is 0 Å². The van der Waals surface area contributed by atoms with Crippen LogP contribution in [0, 0.1) is 5.82 Å². The maximum Gasteiger partial charge on any atom is 0.266 e. The summed E-state index contributed by atoms with van der Waals surface area (Å²) in [6, 6.07) is 4.69. The van der Waals surface area contributed by atoms with E-state index in [1.807, 2.05) is 0 Å². The molecule has 2 rings (SSSR count). The minimum absolute atomic E-state index is 0.0637. The molecular formula is C11H8BrClFNO4S. The molecule has 0 saturated carbocycles. The average Bonchev–Trinajstić information content (AvgIpc) is 2.75. The number of halogens is 3. The number of benzene rings is 1. The predicted molar refractivity (Wildman–Crippen MR) is 74.5 cm³/mol. The number of rotatable bonds is 4. The fourth-order valence-corrected chi connectivity index (χ4v) is 3.66. The van der Waals surface area contributed by atoms with Crippen molar-refractivity contribution in [3.63, 3.8) is 0 Å². The molecule has 0 atom stereocenters. The maximum absolute atomic E-state index is 13.6. The van der Waals surface area contributed by atoms with Crippen LogP contribution in [-0.4, -0.2) is 13.5 Å². The summed E-state index contributed by atoms with van der Waals surface area (Å²) in [6.07, 6.45) is 0. The summed E-state index contributed by atoms with van der Waals surface area (Å²) < 4.78 is 44.8. The van der Waals surface area contributed by atoms with Crippen molar-refractivity contribution in [2.45, 2.75) is 11.5 Å². The lowest BCUT2D eigenvalue weighted by molar-refractivity contribution is 0.245. The van der Waals surface area contributed by atoms with Gasteiger partial charge in [-0.1, -0.05) is 11.6 Å². The van der Waals surface area contributed by atoms with Crippen molar-refractivity contribution in [3.8, 4) is 0 Å². The lowest BCUT2D eigenvalue weighted by Gasteiger charge is -2.07. The van der Waals surface area contributed by atoms with Gasteiger partial charge in [-0.05, 0) is 34.1 Å². The molecule has 1 heterocycles. The van der Waals surface area contributed by atoms with Crippen molar-refractivity contribution in [2.75, 3.05) is 4.72 Å². The molecule has 0 aliphatic heterocycles. The normalized spacial score (nSPS) is 11.6. The van der Waals surface area contributed by atoms with Gasteiger partial charge in [0.05, 0.1) is 5.69 Å². The fourth-order valence-electron chi connectivity index (χ4n) is 1.43. The van der Waals surface area contributed by atoms with Crippen LogP contribution in [0.15, 0.2) is 38.2 Å². The summed E-state index contributed by atoms with van der Waals surface area (Å²) in [7, 11) is -4.05. The molecule has 0 amide bonds. The van der Waals surface area contributed by atoms with E-state index in [0.29, 0.717) is 0 Å². The van der Waals surface area contributed by atoms with Crippen LogP contribution in [0.3, 0.4) is 0 Å². The van der Waals surface area contributed by atoms with Crippen molar-refractivity contribution < 1.29 is 22.3 Å². The summed E-state index contributed by atoms with van der Waals surface area (Å²) in [5, 5.41) is 9.05. The van der Waals surface area contributed by atoms with Gasteiger partial charge in [-0.3, -0.25) is 4.72 Å².